The van der Waals surface area contributed by atoms with E-state index in [2.05, 4.69) is 10.6 Å². The molecule has 176 valence electrons. The van der Waals surface area contributed by atoms with Gasteiger partial charge >= 0.3 is 6.03 Å². The number of imide groups is 2. The molecular weight excluding hydrogens is 450 g/mol. The van der Waals surface area contributed by atoms with E-state index >= 15 is 0 Å². The number of anilines is 2. The molecule has 1 aliphatic heterocycles. The zero-order valence-corrected chi connectivity index (χ0v) is 18.7. The van der Waals surface area contributed by atoms with Crippen LogP contribution in [-0.2, 0) is 14.4 Å². The van der Waals surface area contributed by atoms with Crippen LogP contribution in [0.3, 0.4) is 0 Å². The van der Waals surface area contributed by atoms with Gasteiger partial charge in [0.05, 0.1) is 12.8 Å². The standard InChI is InChI=1S/C26H21N3O6/c1-34-20-13-9-18(10-14-20)27-23(30)16-35-21-11-7-17(8-12-21)15-22-24(31)28-26(33)29(25(22)32)19-5-3-2-4-6-19/h2-15H,16H2,1H3,(H,27,30)(H,28,31,33). The van der Waals surface area contributed by atoms with Gasteiger partial charge in [-0.3, -0.25) is 19.7 Å². The summed E-state index contributed by atoms with van der Waals surface area (Å²) in [5, 5.41) is 4.90. The number of amides is 5. The number of rotatable bonds is 7. The van der Waals surface area contributed by atoms with Gasteiger partial charge in [-0.2, -0.15) is 0 Å². The number of nitrogens with zero attached hydrogens (tertiary/aromatic N) is 1. The molecule has 0 aromatic heterocycles. The van der Waals surface area contributed by atoms with E-state index in [-0.39, 0.29) is 18.1 Å². The van der Waals surface area contributed by atoms with Crippen molar-refractivity contribution < 1.29 is 28.7 Å². The van der Waals surface area contributed by atoms with E-state index in [0.29, 0.717) is 28.4 Å². The summed E-state index contributed by atoms with van der Waals surface area (Å²) in [5.41, 5.74) is 1.33. The number of benzene rings is 3. The molecule has 2 N–H and O–H groups in total. The highest BCUT2D eigenvalue weighted by molar-refractivity contribution is 6.39. The number of ether oxygens (including phenoxy) is 2. The number of nitrogens with one attached hydrogen (secondary N) is 2. The zero-order chi connectivity index (χ0) is 24.8. The largest absolute Gasteiger partial charge is 0.497 e. The van der Waals surface area contributed by atoms with Crippen molar-refractivity contribution in [2.24, 2.45) is 0 Å². The van der Waals surface area contributed by atoms with Gasteiger partial charge in [-0.1, -0.05) is 30.3 Å². The number of hydrogen-bond donors (Lipinski definition) is 2. The van der Waals surface area contributed by atoms with E-state index in [9.17, 15) is 19.2 Å². The molecule has 3 aromatic carbocycles. The van der Waals surface area contributed by atoms with Crippen LogP contribution in [0.4, 0.5) is 16.2 Å². The van der Waals surface area contributed by atoms with Crippen LogP contribution in [0.15, 0.2) is 84.4 Å². The first-order chi connectivity index (χ1) is 16.9. The molecule has 1 heterocycles. The minimum atomic E-state index is -0.806. The van der Waals surface area contributed by atoms with Crippen LogP contribution in [0.2, 0.25) is 0 Å². The van der Waals surface area contributed by atoms with Gasteiger partial charge in [-0.15, -0.1) is 0 Å². The lowest BCUT2D eigenvalue weighted by Gasteiger charge is -2.26. The molecule has 1 saturated heterocycles. The Morgan fingerprint density at radius 2 is 1.57 bits per heavy atom. The minimum absolute atomic E-state index is 0.180. The summed E-state index contributed by atoms with van der Waals surface area (Å²) in [6, 6.07) is 20.9. The van der Waals surface area contributed by atoms with Gasteiger partial charge in [0, 0.05) is 5.69 Å². The van der Waals surface area contributed by atoms with Crippen LogP contribution in [0.25, 0.3) is 6.08 Å². The van der Waals surface area contributed by atoms with E-state index in [0.717, 1.165) is 4.90 Å². The van der Waals surface area contributed by atoms with Gasteiger partial charge in [0.2, 0.25) is 0 Å². The van der Waals surface area contributed by atoms with Gasteiger partial charge in [-0.05, 0) is 60.2 Å². The Morgan fingerprint density at radius 1 is 0.914 bits per heavy atom. The Bertz CT molecular complexity index is 1280. The second kappa shape index (κ2) is 10.3. The van der Waals surface area contributed by atoms with Gasteiger partial charge in [-0.25, -0.2) is 9.69 Å². The monoisotopic (exact) mass is 471 g/mol. The second-order valence-corrected chi connectivity index (χ2v) is 7.43. The molecule has 0 radical (unpaired) electrons. The van der Waals surface area contributed by atoms with Crippen LogP contribution in [-0.4, -0.2) is 37.5 Å². The van der Waals surface area contributed by atoms with E-state index in [1.165, 1.54) is 6.08 Å². The predicted octanol–water partition coefficient (Wildman–Crippen LogP) is 3.38. The molecule has 1 aliphatic rings. The molecule has 0 saturated carbocycles. The topological polar surface area (TPSA) is 114 Å². The third-order valence-corrected chi connectivity index (χ3v) is 5.05. The van der Waals surface area contributed by atoms with Crippen molar-refractivity contribution in [2.75, 3.05) is 23.9 Å². The molecule has 3 aromatic rings. The molecule has 0 bridgehead atoms. The van der Waals surface area contributed by atoms with Gasteiger partial charge in [0.15, 0.2) is 6.61 Å². The summed E-state index contributed by atoms with van der Waals surface area (Å²) in [6.45, 7) is -0.207. The van der Waals surface area contributed by atoms with Crippen molar-refractivity contribution in [3.63, 3.8) is 0 Å². The molecule has 9 heteroatoms. The van der Waals surface area contributed by atoms with Gasteiger partial charge in [0.1, 0.15) is 17.1 Å². The van der Waals surface area contributed by atoms with Crippen LogP contribution in [0.1, 0.15) is 5.56 Å². The molecular formula is C26H21N3O6. The highest BCUT2D eigenvalue weighted by Crippen LogP contribution is 2.22. The molecule has 0 aliphatic carbocycles. The van der Waals surface area contributed by atoms with E-state index in [1.807, 2.05) is 0 Å². The third-order valence-electron chi connectivity index (χ3n) is 5.05. The first-order valence-electron chi connectivity index (χ1n) is 10.6. The van der Waals surface area contributed by atoms with Crippen LogP contribution < -0.4 is 25.0 Å². The fraction of sp³-hybridized carbons (Fsp3) is 0.0769. The van der Waals surface area contributed by atoms with Crippen molar-refractivity contribution in [2.45, 2.75) is 0 Å². The summed E-state index contributed by atoms with van der Waals surface area (Å²) >= 11 is 0. The molecule has 35 heavy (non-hydrogen) atoms. The summed E-state index contributed by atoms with van der Waals surface area (Å²) in [5.74, 6) is -0.724. The molecule has 1 fully saturated rings. The number of urea groups is 1. The molecule has 0 atom stereocenters. The molecule has 0 unspecified atom stereocenters. The first-order valence-corrected chi connectivity index (χ1v) is 10.6. The highest BCUT2D eigenvalue weighted by Gasteiger charge is 2.36. The lowest BCUT2D eigenvalue weighted by atomic mass is 10.1. The first kappa shape index (κ1) is 23.2. The summed E-state index contributed by atoms with van der Waals surface area (Å²) in [7, 11) is 1.56. The lowest BCUT2D eigenvalue weighted by molar-refractivity contribution is -0.122. The molecule has 4 rings (SSSR count). The Balaban J connectivity index is 1.40. The summed E-state index contributed by atoms with van der Waals surface area (Å²) in [6.07, 6.45) is 1.39. The maximum atomic E-state index is 12.9. The van der Waals surface area contributed by atoms with Crippen molar-refractivity contribution in [3.8, 4) is 11.5 Å². The van der Waals surface area contributed by atoms with E-state index < -0.39 is 17.8 Å². The number of methoxy groups -OCH3 is 1. The molecule has 5 amide bonds. The second-order valence-electron chi connectivity index (χ2n) is 7.43. The van der Waals surface area contributed by atoms with Crippen molar-refractivity contribution in [1.29, 1.82) is 0 Å². The number of barbiturate groups is 1. The third kappa shape index (κ3) is 5.53. The van der Waals surface area contributed by atoms with E-state index in [1.54, 1.807) is 86.0 Å². The van der Waals surface area contributed by atoms with Gasteiger partial charge < -0.3 is 14.8 Å². The average Bonchev–Trinajstić information content (AvgIpc) is 2.87. The Morgan fingerprint density at radius 3 is 2.23 bits per heavy atom. The maximum Gasteiger partial charge on any atom is 0.335 e. The van der Waals surface area contributed by atoms with Crippen LogP contribution in [0.5, 0.6) is 11.5 Å². The smallest absolute Gasteiger partial charge is 0.335 e. The van der Waals surface area contributed by atoms with Gasteiger partial charge in [0.25, 0.3) is 17.7 Å². The Labute approximate surface area is 201 Å². The SMILES string of the molecule is COc1ccc(NC(=O)COc2ccc(C=C3C(=O)NC(=O)N(c4ccccc4)C3=O)cc2)cc1. The number of carbonyl (C=O) groups is 4. The fourth-order valence-electron chi connectivity index (χ4n) is 3.32. The Hall–Kier alpha value is -4.92. The Kier molecular flexibility index (Phi) is 6.87. The summed E-state index contributed by atoms with van der Waals surface area (Å²) in [4.78, 5) is 50.4. The van der Waals surface area contributed by atoms with Crippen LogP contribution >= 0.6 is 0 Å². The lowest BCUT2D eigenvalue weighted by Crippen LogP contribution is -2.54. The molecule has 9 nitrogen and oxygen atoms in total. The quantitative estimate of drug-likeness (QED) is 0.403. The predicted molar refractivity (Wildman–Crippen MR) is 129 cm³/mol. The fourth-order valence-corrected chi connectivity index (χ4v) is 3.32. The normalized spacial score (nSPS) is 14.5. The zero-order valence-electron chi connectivity index (χ0n) is 18.7. The summed E-state index contributed by atoms with van der Waals surface area (Å²) < 4.78 is 10.6. The maximum absolute atomic E-state index is 12.9. The molecule has 0 spiro atoms. The number of carbonyl (C=O) groups excluding carboxylic acids is 4. The van der Waals surface area contributed by atoms with Crippen LogP contribution in [0, 0.1) is 0 Å². The number of hydrogen-bond acceptors (Lipinski definition) is 6. The van der Waals surface area contributed by atoms with Crippen molar-refractivity contribution in [3.05, 3.63) is 90.0 Å². The minimum Gasteiger partial charge on any atom is -0.497 e. The van der Waals surface area contributed by atoms with Crippen molar-refractivity contribution in [1.82, 2.24) is 5.32 Å². The highest BCUT2D eigenvalue weighted by atomic mass is 16.5. The number of para-hydroxylation sites is 1. The van der Waals surface area contributed by atoms with E-state index in [4.69, 9.17) is 9.47 Å². The van der Waals surface area contributed by atoms with Crippen molar-refractivity contribution >= 4 is 41.2 Å². The average molecular weight is 471 g/mol.